The highest BCUT2D eigenvalue weighted by atomic mass is 16.1. The number of nitrogens with zero attached hydrogens (tertiary/aromatic N) is 2. The largest absolute Gasteiger partial charge is 0.378 e. The highest BCUT2D eigenvalue weighted by Gasteiger charge is 1.96. The summed E-state index contributed by atoms with van der Waals surface area (Å²) in [4.78, 5) is 16.0. The van der Waals surface area contributed by atoms with Crippen LogP contribution in [0.5, 0.6) is 0 Å². The van der Waals surface area contributed by atoms with Gasteiger partial charge in [-0.15, -0.1) is 0 Å². The van der Waals surface area contributed by atoms with Crippen molar-refractivity contribution in [1.82, 2.24) is 0 Å². The Morgan fingerprint density at radius 3 is 1.29 bits per heavy atom. The van der Waals surface area contributed by atoms with Crippen LogP contribution < -0.4 is 9.80 Å². The summed E-state index contributed by atoms with van der Waals surface area (Å²) in [6, 6.07) is 16.1. The summed E-state index contributed by atoms with van der Waals surface area (Å²) in [5.41, 5.74) is 4.30. The van der Waals surface area contributed by atoms with Crippen molar-refractivity contribution >= 4 is 29.3 Å². The second-order valence-corrected chi connectivity index (χ2v) is 6.04. The molecule has 0 amide bonds. The van der Waals surface area contributed by atoms with E-state index in [9.17, 15) is 4.79 Å². The SMILES string of the molecule is CN(C)c1ccc(/C=C\C(=O)/C=C/c2ccc(N(C)C)cc2)cc1. The molecule has 0 N–H and O–H groups in total. The Morgan fingerprint density at radius 2 is 1.00 bits per heavy atom. The van der Waals surface area contributed by atoms with Crippen molar-refractivity contribution in [2.24, 2.45) is 0 Å². The van der Waals surface area contributed by atoms with Crippen LogP contribution >= 0.6 is 0 Å². The zero-order valence-corrected chi connectivity index (χ0v) is 14.7. The first kappa shape index (κ1) is 17.5. The fourth-order valence-corrected chi connectivity index (χ4v) is 2.18. The zero-order valence-electron chi connectivity index (χ0n) is 14.7. The van der Waals surface area contributed by atoms with Gasteiger partial charge in [-0.3, -0.25) is 4.79 Å². The van der Waals surface area contributed by atoms with Crippen LogP contribution in [-0.4, -0.2) is 34.0 Å². The number of carbonyl (C=O) groups excluding carboxylic acids is 1. The Balaban J connectivity index is 1.96. The van der Waals surface area contributed by atoms with Gasteiger partial charge in [0.1, 0.15) is 0 Å². The molecule has 2 rings (SSSR count). The number of ketones is 1. The number of anilines is 2. The highest BCUT2D eigenvalue weighted by molar-refractivity contribution is 6.04. The molecule has 3 nitrogen and oxygen atoms in total. The first-order valence-corrected chi connectivity index (χ1v) is 7.90. The van der Waals surface area contributed by atoms with E-state index in [-0.39, 0.29) is 5.78 Å². The summed E-state index contributed by atoms with van der Waals surface area (Å²) in [6.45, 7) is 0. The fraction of sp³-hybridized carbons (Fsp3) is 0.190. The minimum atomic E-state index is -0.0247. The van der Waals surface area contributed by atoms with Crippen molar-refractivity contribution in [3.8, 4) is 0 Å². The van der Waals surface area contributed by atoms with Gasteiger partial charge in [0.15, 0.2) is 5.78 Å². The summed E-state index contributed by atoms with van der Waals surface area (Å²) >= 11 is 0. The molecule has 0 fully saturated rings. The van der Waals surface area contributed by atoms with Crippen molar-refractivity contribution in [2.75, 3.05) is 38.0 Å². The Labute approximate surface area is 144 Å². The Kier molecular flexibility index (Phi) is 5.96. The molecule has 0 saturated heterocycles. The lowest BCUT2D eigenvalue weighted by Crippen LogP contribution is -2.07. The van der Waals surface area contributed by atoms with Crippen LogP contribution in [0.4, 0.5) is 11.4 Å². The molecule has 0 aliphatic rings. The molecule has 0 radical (unpaired) electrons. The summed E-state index contributed by atoms with van der Waals surface area (Å²) < 4.78 is 0. The lowest BCUT2D eigenvalue weighted by Gasteiger charge is -2.11. The number of hydrogen-bond acceptors (Lipinski definition) is 3. The van der Waals surface area contributed by atoms with Gasteiger partial charge in [0, 0.05) is 39.6 Å². The number of allylic oxidation sites excluding steroid dienone is 2. The van der Waals surface area contributed by atoms with Crippen molar-refractivity contribution in [1.29, 1.82) is 0 Å². The lowest BCUT2D eigenvalue weighted by molar-refractivity contribution is -0.110. The first-order chi connectivity index (χ1) is 11.5. The van der Waals surface area contributed by atoms with Gasteiger partial charge in [-0.25, -0.2) is 0 Å². The maximum Gasteiger partial charge on any atom is 0.178 e. The van der Waals surface area contributed by atoms with Crippen LogP contribution in [0.2, 0.25) is 0 Å². The molecule has 0 aliphatic carbocycles. The number of carbonyl (C=O) groups is 1. The molecule has 124 valence electrons. The van der Waals surface area contributed by atoms with Gasteiger partial charge in [-0.05, 0) is 47.5 Å². The van der Waals surface area contributed by atoms with Crippen molar-refractivity contribution in [2.45, 2.75) is 0 Å². The Hall–Kier alpha value is -2.81. The van der Waals surface area contributed by atoms with Crippen LogP contribution in [0.1, 0.15) is 11.1 Å². The van der Waals surface area contributed by atoms with Gasteiger partial charge in [0.25, 0.3) is 0 Å². The van der Waals surface area contributed by atoms with Crippen LogP contribution in [-0.2, 0) is 4.79 Å². The second kappa shape index (κ2) is 8.16. The molecule has 2 aromatic rings. The van der Waals surface area contributed by atoms with Crippen molar-refractivity contribution in [3.63, 3.8) is 0 Å². The third kappa shape index (κ3) is 5.13. The molecular weight excluding hydrogens is 296 g/mol. The minimum Gasteiger partial charge on any atom is -0.378 e. The predicted octanol–water partition coefficient (Wildman–Crippen LogP) is 4.11. The van der Waals surface area contributed by atoms with Crippen LogP contribution in [0, 0.1) is 0 Å². The molecule has 0 aromatic heterocycles. The lowest BCUT2D eigenvalue weighted by atomic mass is 10.1. The standard InChI is InChI=1S/C21H24N2O/c1-22(2)19-11-5-17(6-12-19)9-15-21(24)16-10-18-7-13-20(14-8-18)23(3)4/h5-16H,1-4H3/b15-9-,16-10+. The number of hydrogen-bond donors (Lipinski definition) is 0. The van der Waals surface area contributed by atoms with E-state index in [4.69, 9.17) is 0 Å². The molecule has 24 heavy (non-hydrogen) atoms. The highest BCUT2D eigenvalue weighted by Crippen LogP contribution is 2.14. The van der Waals surface area contributed by atoms with Crippen molar-refractivity contribution < 1.29 is 4.79 Å². The maximum absolute atomic E-state index is 11.9. The summed E-state index contributed by atoms with van der Waals surface area (Å²) in [5, 5.41) is 0. The second-order valence-electron chi connectivity index (χ2n) is 6.04. The molecule has 0 saturated carbocycles. The fourth-order valence-electron chi connectivity index (χ4n) is 2.18. The third-order valence-corrected chi connectivity index (χ3v) is 3.70. The van der Waals surface area contributed by atoms with Crippen molar-refractivity contribution in [3.05, 3.63) is 71.8 Å². The van der Waals surface area contributed by atoms with Gasteiger partial charge >= 0.3 is 0 Å². The van der Waals surface area contributed by atoms with Gasteiger partial charge in [-0.1, -0.05) is 36.4 Å². The first-order valence-electron chi connectivity index (χ1n) is 7.90. The maximum atomic E-state index is 11.9. The molecule has 0 aliphatic heterocycles. The smallest absolute Gasteiger partial charge is 0.178 e. The van der Waals surface area contributed by atoms with E-state index in [2.05, 4.69) is 0 Å². The number of benzene rings is 2. The van der Waals surface area contributed by atoms with Crippen LogP contribution in [0.25, 0.3) is 12.2 Å². The van der Waals surface area contributed by atoms with E-state index < -0.39 is 0 Å². The molecule has 0 unspecified atom stereocenters. The quantitative estimate of drug-likeness (QED) is 0.748. The molecule has 0 bridgehead atoms. The average molecular weight is 320 g/mol. The van der Waals surface area contributed by atoms with Gasteiger partial charge in [-0.2, -0.15) is 0 Å². The Bertz CT molecular complexity index is 660. The molecule has 0 heterocycles. The Morgan fingerprint density at radius 1 is 0.667 bits per heavy atom. The summed E-state index contributed by atoms with van der Waals surface area (Å²) in [5.74, 6) is -0.0247. The van der Waals surface area contributed by atoms with Gasteiger partial charge in [0.05, 0.1) is 0 Å². The molecule has 3 heteroatoms. The average Bonchev–Trinajstić information content (AvgIpc) is 2.58. The molecule has 0 atom stereocenters. The van der Waals surface area contributed by atoms with Gasteiger partial charge < -0.3 is 9.80 Å². The molecule has 2 aromatic carbocycles. The monoisotopic (exact) mass is 320 g/mol. The normalized spacial score (nSPS) is 11.2. The minimum absolute atomic E-state index is 0.0247. The van der Waals surface area contributed by atoms with E-state index in [0.29, 0.717) is 0 Å². The third-order valence-electron chi connectivity index (χ3n) is 3.70. The zero-order chi connectivity index (χ0) is 17.5. The van der Waals surface area contributed by atoms with E-state index in [1.807, 2.05) is 98.7 Å². The topological polar surface area (TPSA) is 23.6 Å². The van der Waals surface area contributed by atoms with E-state index in [0.717, 1.165) is 22.5 Å². The number of rotatable bonds is 6. The van der Waals surface area contributed by atoms with Crippen LogP contribution in [0.15, 0.2) is 60.7 Å². The molecular formula is C21H24N2O. The summed E-state index contributed by atoms with van der Waals surface area (Å²) in [6.07, 6.45) is 6.85. The van der Waals surface area contributed by atoms with E-state index in [1.54, 1.807) is 12.2 Å². The van der Waals surface area contributed by atoms with Gasteiger partial charge in [0.2, 0.25) is 0 Å². The predicted molar refractivity (Wildman–Crippen MR) is 105 cm³/mol. The molecule has 0 spiro atoms. The van der Waals surface area contributed by atoms with Crippen LogP contribution in [0.3, 0.4) is 0 Å². The van der Waals surface area contributed by atoms with E-state index in [1.165, 1.54) is 0 Å². The summed E-state index contributed by atoms with van der Waals surface area (Å²) in [7, 11) is 8.02. The van der Waals surface area contributed by atoms with E-state index >= 15 is 0 Å².